The molecular formula is C25H32N2O2. The van der Waals surface area contributed by atoms with Crippen molar-refractivity contribution in [3.63, 3.8) is 0 Å². The summed E-state index contributed by atoms with van der Waals surface area (Å²) in [5, 5.41) is 6.40. The lowest BCUT2D eigenvalue weighted by Gasteiger charge is -2.58. The Bertz CT molecular complexity index is 850. The van der Waals surface area contributed by atoms with Crippen LogP contribution in [0.25, 0.3) is 0 Å². The molecule has 2 amide bonds. The average molecular weight is 393 g/mol. The van der Waals surface area contributed by atoms with Gasteiger partial charge in [-0.2, -0.15) is 0 Å². The van der Waals surface area contributed by atoms with Gasteiger partial charge in [-0.15, -0.1) is 0 Å². The zero-order valence-electron chi connectivity index (χ0n) is 17.5. The van der Waals surface area contributed by atoms with Crippen LogP contribution in [0.4, 0.5) is 5.69 Å². The van der Waals surface area contributed by atoms with E-state index in [0.717, 1.165) is 37.8 Å². The highest BCUT2D eigenvalue weighted by Crippen LogP contribution is 2.65. The van der Waals surface area contributed by atoms with Gasteiger partial charge in [-0.25, -0.2) is 0 Å². The molecule has 0 radical (unpaired) electrons. The van der Waals surface area contributed by atoms with Crippen LogP contribution >= 0.6 is 0 Å². The summed E-state index contributed by atoms with van der Waals surface area (Å²) in [6.45, 7) is 4.73. The highest BCUT2D eigenvalue weighted by Gasteiger charge is 2.60. The highest BCUT2D eigenvalue weighted by atomic mass is 16.2. The van der Waals surface area contributed by atoms with E-state index in [9.17, 15) is 9.59 Å². The van der Waals surface area contributed by atoms with E-state index in [4.69, 9.17) is 0 Å². The monoisotopic (exact) mass is 392 g/mol. The van der Waals surface area contributed by atoms with Crippen molar-refractivity contribution in [1.82, 2.24) is 5.32 Å². The Kier molecular flexibility index (Phi) is 4.38. The SMILES string of the molecule is C[C@]12C=CC(=O)N[C@@H]1CC[C@@H]1[C@@H]2CC[C@]2(C)C(C(=O)Nc3ccccc3)CC[C@@H]12. The van der Waals surface area contributed by atoms with E-state index in [-0.39, 0.29) is 34.6 Å². The molecule has 0 aromatic heterocycles. The molecule has 7 atom stereocenters. The molecule has 3 fully saturated rings. The first kappa shape index (κ1) is 18.9. The van der Waals surface area contributed by atoms with Crippen LogP contribution in [0.5, 0.6) is 0 Å². The smallest absolute Gasteiger partial charge is 0.243 e. The molecule has 1 heterocycles. The number of fused-ring (bicyclic) bond motifs is 5. The quantitative estimate of drug-likeness (QED) is 0.776. The standard InChI is InChI=1S/C25H32N2O2/c1-24-14-12-19-17(8-11-21-25(19,2)15-13-22(28)27-21)18(24)9-10-20(24)23(29)26-16-6-4-3-5-7-16/h3-7,13,15,17-21H,8-12,14H2,1-2H3,(H,26,29)(H,27,28)/t17-,18-,19-,20?,21+,24-,25+/m0/s1. The highest BCUT2D eigenvalue weighted by molar-refractivity contribution is 5.93. The Hall–Kier alpha value is -2.10. The van der Waals surface area contributed by atoms with Crippen LogP contribution in [0.3, 0.4) is 0 Å². The molecule has 4 aliphatic rings. The zero-order valence-corrected chi connectivity index (χ0v) is 17.5. The molecule has 0 spiro atoms. The van der Waals surface area contributed by atoms with Crippen molar-refractivity contribution in [3.8, 4) is 0 Å². The molecule has 0 bridgehead atoms. The molecule has 29 heavy (non-hydrogen) atoms. The van der Waals surface area contributed by atoms with Crippen LogP contribution in [-0.4, -0.2) is 17.9 Å². The predicted molar refractivity (Wildman–Crippen MR) is 114 cm³/mol. The van der Waals surface area contributed by atoms with E-state index in [1.54, 1.807) is 6.08 Å². The molecule has 2 N–H and O–H groups in total. The molecular weight excluding hydrogens is 360 g/mol. The molecule has 1 aliphatic heterocycles. The summed E-state index contributed by atoms with van der Waals surface area (Å²) in [7, 11) is 0. The number of amides is 2. The largest absolute Gasteiger partial charge is 0.349 e. The molecule has 1 aromatic rings. The van der Waals surface area contributed by atoms with Gasteiger partial charge in [0.1, 0.15) is 0 Å². The van der Waals surface area contributed by atoms with Crippen molar-refractivity contribution in [2.24, 2.45) is 34.5 Å². The summed E-state index contributed by atoms with van der Waals surface area (Å²) < 4.78 is 0. The van der Waals surface area contributed by atoms with Crippen molar-refractivity contribution in [2.45, 2.75) is 58.4 Å². The Labute approximate surface area is 173 Å². The van der Waals surface area contributed by atoms with Gasteiger partial charge < -0.3 is 10.6 Å². The van der Waals surface area contributed by atoms with E-state index >= 15 is 0 Å². The zero-order chi connectivity index (χ0) is 20.2. The third-order valence-electron chi connectivity index (χ3n) is 9.04. The molecule has 3 aliphatic carbocycles. The van der Waals surface area contributed by atoms with E-state index in [2.05, 4.69) is 30.6 Å². The second-order valence-electron chi connectivity index (χ2n) is 10.2. The van der Waals surface area contributed by atoms with Crippen LogP contribution in [-0.2, 0) is 9.59 Å². The van der Waals surface area contributed by atoms with Crippen molar-refractivity contribution in [1.29, 1.82) is 0 Å². The number of anilines is 1. The minimum absolute atomic E-state index is 0.0581. The average Bonchev–Trinajstić information content (AvgIpc) is 3.06. The fourth-order valence-corrected chi connectivity index (χ4v) is 7.51. The van der Waals surface area contributed by atoms with Crippen LogP contribution in [0.1, 0.15) is 52.4 Å². The minimum Gasteiger partial charge on any atom is -0.349 e. The van der Waals surface area contributed by atoms with Crippen molar-refractivity contribution in [3.05, 3.63) is 42.5 Å². The Morgan fingerprint density at radius 1 is 1.03 bits per heavy atom. The summed E-state index contributed by atoms with van der Waals surface area (Å²) in [6, 6.07) is 10.1. The number of nitrogens with one attached hydrogen (secondary N) is 2. The second-order valence-corrected chi connectivity index (χ2v) is 10.2. The number of benzene rings is 1. The lowest BCUT2D eigenvalue weighted by atomic mass is 9.48. The fourth-order valence-electron chi connectivity index (χ4n) is 7.51. The van der Waals surface area contributed by atoms with Gasteiger partial charge in [0, 0.05) is 23.1 Å². The fraction of sp³-hybridized carbons (Fsp3) is 0.600. The van der Waals surface area contributed by atoms with Gasteiger partial charge in [0.25, 0.3) is 0 Å². The summed E-state index contributed by atoms with van der Waals surface area (Å²) >= 11 is 0. The van der Waals surface area contributed by atoms with Gasteiger partial charge in [0.2, 0.25) is 11.8 Å². The normalized spacial score (nSPS) is 43.0. The second kappa shape index (κ2) is 6.72. The van der Waals surface area contributed by atoms with E-state index in [1.165, 1.54) is 6.42 Å². The maximum absolute atomic E-state index is 13.2. The Morgan fingerprint density at radius 2 is 1.83 bits per heavy atom. The number of hydrogen-bond donors (Lipinski definition) is 2. The van der Waals surface area contributed by atoms with Crippen LogP contribution in [0.15, 0.2) is 42.5 Å². The molecule has 4 heteroatoms. The molecule has 1 aromatic carbocycles. The third kappa shape index (κ3) is 2.86. The van der Waals surface area contributed by atoms with Gasteiger partial charge in [-0.05, 0) is 79.9 Å². The van der Waals surface area contributed by atoms with Crippen molar-refractivity contribution < 1.29 is 9.59 Å². The Balaban J connectivity index is 1.38. The third-order valence-corrected chi connectivity index (χ3v) is 9.04. The summed E-state index contributed by atoms with van der Waals surface area (Å²) in [5.74, 6) is 2.23. The summed E-state index contributed by atoms with van der Waals surface area (Å²) in [6.07, 6.45) is 10.6. The number of hydrogen-bond acceptors (Lipinski definition) is 2. The molecule has 5 rings (SSSR count). The van der Waals surface area contributed by atoms with Gasteiger partial charge in [-0.3, -0.25) is 9.59 Å². The van der Waals surface area contributed by atoms with E-state index < -0.39 is 0 Å². The number of carbonyl (C=O) groups excluding carboxylic acids is 2. The van der Waals surface area contributed by atoms with Gasteiger partial charge in [0.05, 0.1) is 0 Å². The molecule has 0 saturated heterocycles. The van der Waals surface area contributed by atoms with E-state index in [0.29, 0.717) is 17.8 Å². The number of para-hydroxylation sites is 1. The minimum atomic E-state index is 0.0581. The Morgan fingerprint density at radius 3 is 2.62 bits per heavy atom. The van der Waals surface area contributed by atoms with Crippen LogP contribution in [0.2, 0.25) is 0 Å². The van der Waals surface area contributed by atoms with Crippen molar-refractivity contribution in [2.75, 3.05) is 5.32 Å². The first-order valence-corrected chi connectivity index (χ1v) is 11.3. The van der Waals surface area contributed by atoms with Crippen LogP contribution < -0.4 is 10.6 Å². The maximum Gasteiger partial charge on any atom is 0.243 e. The van der Waals surface area contributed by atoms with Gasteiger partial charge in [-0.1, -0.05) is 38.1 Å². The maximum atomic E-state index is 13.2. The molecule has 4 nitrogen and oxygen atoms in total. The van der Waals surface area contributed by atoms with E-state index in [1.807, 2.05) is 30.3 Å². The van der Waals surface area contributed by atoms with Gasteiger partial charge in [0.15, 0.2) is 0 Å². The number of rotatable bonds is 2. The molecule has 154 valence electrons. The molecule has 3 saturated carbocycles. The summed E-state index contributed by atoms with van der Waals surface area (Å²) in [5.41, 5.74) is 1.04. The van der Waals surface area contributed by atoms with Crippen molar-refractivity contribution >= 4 is 17.5 Å². The predicted octanol–water partition coefficient (Wildman–Crippen LogP) is 4.54. The first-order chi connectivity index (χ1) is 13.9. The topological polar surface area (TPSA) is 58.2 Å². The van der Waals surface area contributed by atoms with Gasteiger partial charge >= 0.3 is 0 Å². The number of carbonyl (C=O) groups is 2. The van der Waals surface area contributed by atoms with Crippen LogP contribution in [0, 0.1) is 34.5 Å². The first-order valence-electron chi connectivity index (χ1n) is 11.3. The summed E-state index contributed by atoms with van der Waals surface area (Å²) in [4.78, 5) is 25.1. The molecule has 1 unspecified atom stereocenters. The lowest BCUT2D eigenvalue weighted by molar-refractivity contribution is -0.129. The lowest BCUT2D eigenvalue weighted by Crippen LogP contribution is -2.59.